The number of alkyl halides is 1. The maximum Gasteiger partial charge on any atom is 0.243 e. The SMILES string of the molecule is CC1CCN(S(=O)(=O)c2ccc(F)c(F)c2)C1CBr. The van der Waals surface area contributed by atoms with Gasteiger partial charge in [-0.05, 0) is 30.5 Å². The summed E-state index contributed by atoms with van der Waals surface area (Å²) in [6.07, 6.45) is 0.763. The third-order valence-corrected chi connectivity index (χ3v) is 6.07. The Kier molecular flexibility index (Phi) is 4.27. The van der Waals surface area contributed by atoms with Crippen LogP contribution in [0.2, 0.25) is 0 Å². The van der Waals surface area contributed by atoms with Gasteiger partial charge in [0.15, 0.2) is 11.6 Å². The second-order valence-corrected chi connectivity index (χ2v) is 7.22. The molecule has 0 N–H and O–H groups in total. The molecule has 19 heavy (non-hydrogen) atoms. The smallest absolute Gasteiger partial charge is 0.207 e. The fraction of sp³-hybridized carbons (Fsp3) is 0.500. The Morgan fingerprint density at radius 1 is 1.37 bits per heavy atom. The van der Waals surface area contributed by atoms with Crippen LogP contribution in [0.3, 0.4) is 0 Å². The largest absolute Gasteiger partial charge is 0.243 e. The molecule has 7 heteroatoms. The molecule has 1 aromatic carbocycles. The molecule has 1 aliphatic heterocycles. The third-order valence-electron chi connectivity index (χ3n) is 3.49. The lowest BCUT2D eigenvalue weighted by atomic mass is 10.1. The van der Waals surface area contributed by atoms with Gasteiger partial charge in [-0.2, -0.15) is 4.31 Å². The fourth-order valence-electron chi connectivity index (χ4n) is 2.27. The molecule has 0 aliphatic carbocycles. The van der Waals surface area contributed by atoms with E-state index in [0.717, 1.165) is 24.6 Å². The van der Waals surface area contributed by atoms with Crippen LogP contribution < -0.4 is 0 Å². The van der Waals surface area contributed by atoms with Crippen LogP contribution in [0.15, 0.2) is 23.1 Å². The lowest BCUT2D eigenvalue weighted by molar-refractivity contribution is 0.378. The molecule has 0 aromatic heterocycles. The Labute approximate surface area is 119 Å². The molecule has 0 amide bonds. The van der Waals surface area contributed by atoms with Gasteiger partial charge < -0.3 is 0 Å². The minimum atomic E-state index is -3.78. The zero-order chi connectivity index (χ0) is 14.2. The van der Waals surface area contributed by atoms with Crippen LogP contribution in [0.5, 0.6) is 0 Å². The normalized spacial score (nSPS) is 24.8. The van der Waals surface area contributed by atoms with Crippen molar-refractivity contribution in [2.24, 2.45) is 5.92 Å². The van der Waals surface area contributed by atoms with Gasteiger partial charge in [0.1, 0.15) is 0 Å². The van der Waals surface area contributed by atoms with Gasteiger partial charge in [-0.1, -0.05) is 22.9 Å². The van der Waals surface area contributed by atoms with Crippen molar-refractivity contribution >= 4 is 26.0 Å². The molecule has 1 fully saturated rings. The topological polar surface area (TPSA) is 37.4 Å². The van der Waals surface area contributed by atoms with Crippen LogP contribution in [0.1, 0.15) is 13.3 Å². The van der Waals surface area contributed by atoms with Crippen molar-refractivity contribution in [3.05, 3.63) is 29.8 Å². The summed E-state index contributed by atoms with van der Waals surface area (Å²) in [5.74, 6) is -1.96. The van der Waals surface area contributed by atoms with Crippen LogP contribution in [0.4, 0.5) is 8.78 Å². The molecule has 2 rings (SSSR count). The Morgan fingerprint density at radius 2 is 2.05 bits per heavy atom. The number of halogens is 3. The molecule has 0 spiro atoms. The third kappa shape index (κ3) is 2.68. The molecule has 1 saturated heterocycles. The second kappa shape index (κ2) is 5.46. The molecule has 106 valence electrons. The van der Waals surface area contributed by atoms with Crippen LogP contribution >= 0.6 is 15.9 Å². The van der Waals surface area contributed by atoms with Gasteiger partial charge in [0.05, 0.1) is 4.90 Å². The first-order valence-corrected chi connectivity index (χ1v) is 8.47. The Balaban J connectivity index is 2.39. The van der Waals surface area contributed by atoms with Crippen molar-refractivity contribution in [1.29, 1.82) is 0 Å². The van der Waals surface area contributed by atoms with E-state index in [2.05, 4.69) is 15.9 Å². The minimum absolute atomic E-state index is 0.155. The lowest BCUT2D eigenvalue weighted by Gasteiger charge is -2.24. The highest BCUT2D eigenvalue weighted by Gasteiger charge is 2.39. The first-order chi connectivity index (χ1) is 8.87. The molecule has 1 aliphatic rings. The zero-order valence-electron chi connectivity index (χ0n) is 10.3. The Hall–Kier alpha value is -0.530. The summed E-state index contributed by atoms with van der Waals surface area (Å²) in [5.41, 5.74) is 0. The van der Waals surface area contributed by atoms with Crippen LogP contribution in [-0.2, 0) is 10.0 Å². The van der Waals surface area contributed by atoms with Crippen molar-refractivity contribution in [1.82, 2.24) is 4.31 Å². The van der Waals surface area contributed by atoms with E-state index in [0.29, 0.717) is 11.9 Å². The highest BCUT2D eigenvalue weighted by molar-refractivity contribution is 9.09. The van der Waals surface area contributed by atoms with E-state index in [4.69, 9.17) is 0 Å². The summed E-state index contributed by atoms with van der Waals surface area (Å²) in [6, 6.07) is 2.52. The molecule has 2 atom stereocenters. The second-order valence-electron chi connectivity index (χ2n) is 4.68. The summed E-state index contributed by atoms with van der Waals surface area (Å²) in [5, 5.41) is 0.525. The summed E-state index contributed by atoms with van der Waals surface area (Å²) in [6.45, 7) is 2.38. The first kappa shape index (κ1) is 14.9. The van der Waals surface area contributed by atoms with Gasteiger partial charge in [0.25, 0.3) is 0 Å². The summed E-state index contributed by atoms with van der Waals surface area (Å²) >= 11 is 3.31. The summed E-state index contributed by atoms with van der Waals surface area (Å²) in [4.78, 5) is -0.202. The van der Waals surface area contributed by atoms with Gasteiger partial charge in [-0.25, -0.2) is 17.2 Å². The number of rotatable bonds is 3. The lowest BCUT2D eigenvalue weighted by Crippen LogP contribution is -2.38. The monoisotopic (exact) mass is 353 g/mol. The Bertz CT molecular complexity index is 579. The van der Waals surface area contributed by atoms with Gasteiger partial charge in [0, 0.05) is 17.9 Å². The van der Waals surface area contributed by atoms with Crippen LogP contribution in [0, 0.1) is 17.6 Å². The predicted octanol–water partition coefficient (Wildman–Crippen LogP) is 2.76. The number of sulfonamides is 1. The zero-order valence-corrected chi connectivity index (χ0v) is 12.7. The number of hydrogen-bond acceptors (Lipinski definition) is 2. The number of hydrogen-bond donors (Lipinski definition) is 0. The van der Waals surface area contributed by atoms with Crippen molar-refractivity contribution in [3.63, 3.8) is 0 Å². The van der Waals surface area contributed by atoms with E-state index in [1.807, 2.05) is 6.92 Å². The molecule has 1 heterocycles. The predicted molar refractivity (Wildman–Crippen MR) is 71.6 cm³/mol. The van der Waals surface area contributed by atoms with Crippen molar-refractivity contribution in [3.8, 4) is 0 Å². The van der Waals surface area contributed by atoms with Gasteiger partial charge in [-0.3, -0.25) is 0 Å². The number of benzene rings is 1. The molecule has 2 unspecified atom stereocenters. The molecule has 1 aromatic rings. The first-order valence-electron chi connectivity index (χ1n) is 5.90. The van der Waals surface area contributed by atoms with E-state index in [9.17, 15) is 17.2 Å². The highest BCUT2D eigenvalue weighted by Crippen LogP contribution is 2.31. The van der Waals surface area contributed by atoms with Gasteiger partial charge in [-0.15, -0.1) is 0 Å². The maximum absolute atomic E-state index is 13.2. The highest BCUT2D eigenvalue weighted by atomic mass is 79.9. The molecular formula is C12H14BrF2NO2S. The average Bonchev–Trinajstić information content (AvgIpc) is 2.74. The molecule has 0 bridgehead atoms. The quantitative estimate of drug-likeness (QED) is 0.783. The van der Waals surface area contributed by atoms with Crippen LogP contribution in [0.25, 0.3) is 0 Å². The maximum atomic E-state index is 13.2. The fourth-order valence-corrected chi connectivity index (χ4v) is 5.20. The number of nitrogens with zero attached hydrogens (tertiary/aromatic N) is 1. The molecule has 3 nitrogen and oxygen atoms in total. The summed E-state index contributed by atoms with van der Waals surface area (Å²) in [7, 11) is -3.78. The van der Waals surface area contributed by atoms with E-state index in [1.165, 1.54) is 4.31 Å². The summed E-state index contributed by atoms with van der Waals surface area (Å²) < 4.78 is 52.3. The van der Waals surface area contributed by atoms with E-state index in [1.54, 1.807) is 0 Å². The van der Waals surface area contributed by atoms with Crippen molar-refractivity contribution in [2.45, 2.75) is 24.3 Å². The van der Waals surface area contributed by atoms with Crippen LogP contribution in [-0.4, -0.2) is 30.6 Å². The Morgan fingerprint density at radius 3 is 2.63 bits per heavy atom. The average molecular weight is 354 g/mol. The van der Waals surface area contributed by atoms with Crippen molar-refractivity contribution in [2.75, 3.05) is 11.9 Å². The van der Waals surface area contributed by atoms with Gasteiger partial charge >= 0.3 is 0 Å². The van der Waals surface area contributed by atoms with Crippen molar-refractivity contribution < 1.29 is 17.2 Å². The van der Waals surface area contributed by atoms with Gasteiger partial charge in [0.2, 0.25) is 10.0 Å². The van der Waals surface area contributed by atoms with E-state index >= 15 is 0 Å². The molecule has 0 radical (unpaired) electrons. The van der Waals surface area contributed by atoms with E-state index in [-0.39, 0.29) is 16.9 Å². The van der Waals surface area contributed by atoms with E-state index < -0.39 is 21.7 Å². The standard InChI is InChI=1S/C12H14BrF2NO2S/c1-8-4-5-16(12(8)7-13)19(17,18)9-2-3-10(14)11(15)6-9/h2-3,6,8,12H,4-5,7H2,1H3. The molecule has 0 saturated carbocycles. The minimum Gasteiger partial charge on any atom is -0.207 e. The molecular weight excluding hydrogens is 340 g/mol.